The maximum atomic E-state index is 12.5. The van der Waals surface area contributed by atoms with E-state index in [0.29, 0.717) is 31.9 Å². The summed E-state index contributed by atoms with van der Waals surface area (Å²) in [6, 6.07) is 1.85. The number of nitrogens with zero attached hydrogens (tertiary/aromatic N) is 4. The van der Waals surface area contributed by atoms with Gasteiger partial charge in [-0.25, -0.2) is 4.79 Å². The topological polar surface area (TPSA) is 67.7 Å². The van der Waals surface area contributed by atoms with Crippen LogP contribution in [0.2, 0.25) is 0 Å². The summed E-state index contributed by atoms with van der Waals surface area (Å²) >= 11 is 0. The average Bonchev–Trinajstić information content (AvgIpc) is 2.88. The zero-order valence-electron chi connectivity index (χ0n) is 13.0. The predicted molar refractivity (Wildman–Crippen MR) is 77.2 cm³/mol. The van der Waals surface area contributed by atoms with Gasteiger partial charge in [-0.2, -0.15) is 5.10 Å². The van der Waals surface area contributed by atoms with Gasteiger partial charge in [-0.1, -0.05) is 13.8 Å². The van der Waals surface area contributed by atoms with Crippen molar-refractivity contribution in [3.05, 3.63) is 17.5 Å². The lowest BCUT2D eigenvalue weighted by atomic mass is 10.1. The van der Waals surface area contributed by atoms with Gasteiger partial charge >= 0.3 is 6.09 Å². The van der Waals surface area contributed by atoms with Crippen molar-refractivity contribution >= 4 is 12.0 Å². The quantitative estimate of drug-likeness (QED) is 0.818. The van der Waals surface area contributed by atoms with Crippen molar-refractivity contribution in [3.63, 3.8) is 0 Å². The predicted octanol–water partition coefficient (Wildman–Crippen LogP) is 1.07. The van der Waals surface area contributed by atoms with E-state index in [-0.39, 0.29) is 17.9 Å². The summed E-state index contributed by atoms with van der Waals surface area (Å²) in [5.41, 5.74) is 1.50. The zero-order chi connectivity index (χ0) is 15.6. The molecular weight excluding hydrogens is 272 g/mol. The number of amides is 2. The van der Waals surface area contributed by atoms with E-state index in [1.807, 2.05) is 19.9 Å². The maximum absolute atomic E-state index is 12.5. The van der Waals surface area contributed by atoms with E-state index < -0.39 is 0 Å². The monoisotopic (exact) mass is 294 g/mol. The minimum Gasteiger partial charge on any atom is -0.453 e. The molecule has 0 unspecified atom stereocenters. The summed E-state index contributed by atoms with van der Waals surface area (Å²) in [5.74, 6) is 0.246. The molecule has 2 rings (SSSR count). The molecule has 7 nitrogen and oxygen atoms in total. The van der Waals surface area contributed by atoms with Crippen LogP contribution < -0.4 is 0 Å². The fourth-order valence-corrected chi connectivity index (χ4v) is 2.35. The van der Waals surface area contributed by atoms with Crippen LogP contribution in [0.1, 0.15) is 35.9 Å². The van der Waals surface area contributed by atoms with E-state index in [0.717, 1.165) is 5.69 Å². The van der Waals surface area contributed by atoms with Crippen LogP contribution in [-0.2, 0) is 11.8 Å². The second kappa shape index (κ2) is 6.15. The largest absolute Gasteiger partial charge is 0.453 e. The molecule has 0 spiro atoms. The van der Waals surface area contributed by atoms with Gasteiger partial charge in [-0.05, 0) is 12.0 Å². The third-order valence-corrected chi connectivity index (χ3v) is 3.71. The van der Waals surface area contributed by atoms with Gasteiger partial charge in [0.2, 0.25) is 0 Å². The van der Waals surface area contributed by atoms with Crippen LogP contribution in [0.25, 0.3) is 0 Å². The van der Waals surface area contributed by atoms with Gasteiger partial charge in [0, 0.05) is 33.2 Å². The number of methoxy groups -OCH3 is 1. The highest BCUT2D eigenvalue weighted by atomic mass is 16.5. The summed E-state index contributed by atoms with van der Waals surface area (Å²) in [7, 11) is 3.15. The maximum Gasteiger partial charge on any atom is 0.409 e. The number of ether oxygens (including phenoxy) is 1. The van der Waals surface area contributed by atoms with Gasteiger partial charge in [0.15, 0.2) is 0 Å². The summed E-state index contributed by atoms with van der Waals surface area (Å²) in [4.78, 5) is 27.3. The van der Waals surface area contributed by atoms with Gasteiger partial charge in [-0.15, -0.1) is 0 Å². The molecule has 21 heavy (non-hydrogen) atoms. The van der Waals surface area contributed by atoms with Crippen LogP contribution in [-0.4, -0.2) is 64.9 Å². The van der Waals surface area contributed by atoms with E-state index in [4.69, 9.17) is 0 Å². The summed E-state index contributed by atoms with van der Waals surface area (Å²) < 4.78 is 6.32. The number of hydrogen-bond donors (Lipinski definition) is 0. The first-order valence-corrected chi connectivity index (χ1v) is 7.10. The second-order valence-corrected chi connectivity index (χ2v) is 5.48. The number of aromatic nitrogens is 2. The van der Waals surface area contributed by atoms with Gasteiger partial charge < -0.3 is 14.5 Å². The van der Waals surface area contributed by atoms with Crippen LogP contribution >= 0.6 is 0 Å². The summed E-state index contributed by atoms with van der Waals surface area (Å²) in [5, 5.41) is 4.37. The Morgan fingerprint density at radius 1 is 1.19 bits per heavy atom. The molecule has 1 aliphatic heterocycles. The fourth-order valence-electron chi connectivity index (χ4n) is 2.35. The number of piperazine rings is 1. The zero-order valence-corrected chi connectivity index (χ0v) is 13.0. The molecule has 0 bridgehead atoms. The van der Waals surface area contributed by atoms with E-state index in [1.54, 1.807) is 21.5 Å². The Labute approximate surface area is 124 Å². The first kappa shape index (κ1) is 15.3. The Morgan fingerprint density at radius 2 is 1.76 bits per heavy atom. The second-order valence-electron chi connectivity index (χ2n) is 5.48. The van der Waals surface area contributed by atoms with Crippen molar-refractivity contribution in [3.8, 4) is 0 Å². The molecular formula is C14H22N4O3. The van der Waals surface area contributed by atoms with Crippen molar-refractivity contribution in [1.29, 1.82) is 0 Å². The van der Waals surface area contributed by atoms with Crippen molar-refractivity contribution in [2.45, 2.75) is 19.8 Å². The average molecular weight is 294 g/mol. The molecule has 1 saturated heterocycles. The molecule has 0 N–H and O–H groups in total. The Hall–Kier alpha value is -2.05. The number of aryl methyl sites for hydroxylation is 1. The highest BCUT2D eigenvalue weighted by molar-refractivity contribution is 5.93. The minimum atomic E-state index is -0.343. The Morgan fingerprint density at radius 3 is 2.24 bits per heavy atom. The molecule has 2 amide bonds. The van der Waals surface area contributed by atoms with Crippen molar-refractivity contribution in [2.24, 2.45) is 7.05 Å². The van der Waals surface area contributed by atoms with Gasteiger partial charge in [-0.3, -0.25) is 9.48 Å². The van der Waals surface area contributed by atoms with Crippen molar-refractivity contribution in [1.82, 2.24) is 19.6 Å². The van der Waals surface area contributed by atoms with Crippen molar-refractivity contribution < 1.29 is 14.3 Å². The smallest absolute Gasteiger partial charge is 0.409 e. The third kappa shape index (κ3) is 3.17. The normalized spacial score (nSPS) is 15.5. The number of rotatable bonds is 2. The molecule has 1 aromatic heterocycles. The third-order valence-electron chi connectivity index (χ3n) is 3.71. The fraction of sp³-hybridized carbons (Fsp3) is 0.643. The summed E-state index contributed by atoms with van der Waals surface area (Å²) in [6.45, 7) is 6.10. The van der Waals surface area contributed by atoms with Gasteiger partial charge in [0.05, 0.1) is 12.8 Å². The highest BCUT2D eigenvalue weighted by Gasteiger charge is 2.27. The van der Waals surface area contributed by atoms with Crippen LogP contribution in [0.15, 0.2) is 6.07 Å². The van der Waals surface area contributed by atoms with E-state index in [9.17, 15) is 9.59 Å². The highest BCUT2D eigenvalue weighted by Crippen LogP contribution is 2.16. The van der Waals surface area contributed by atoms with Gasteiger partial charge in [0.25, 0.3) is 5.91 Å². The first-order chi connectivity index (χ1) is 9.93. The van der Waals surface area contributed by atoms with Gasteiger partial charge in [0.1, 0.15) is 5.69 Å². The molecule has 0 radical (unpaired) electrons. The number of carbonyl (C=O) groups excluding carboxylic acids is 2. The molecule has 2 heterocycles. The summed E-state index contributed by atoms with van der Waals surface area (Å²) in [6.07, 6.45) is -0.343. The molecule has 1 aromatic rings. The van der Waals surface area contributed by atoms with E-state index in [1.165, 1.54) is 7.11 Å². The van der Waals surface area contributed by atoms with Crippen LogP contribution in [0.4, 0.5) is 4.79 Å². The molecule has 7 heteroatoms. The molecule has 116 valence electrons. The Balaban J connectivity index is 2.04. The van der Waals surface area contributed by atoms with Crippen LogP contribution in [0, 0.1) is 0 Å². The number of carbonyl (C=O) groups is 2. The molecule has 1 fully saturated rings. The van der Waals surface area contributed by atoms with Crippen LogP contribution in [0.5, 0.6) is 0 Å². The lowest BCUT2D eigenvalue weighted by Gasteiger charge is -2.33. The molecule has 0 aliphatic carbocycles. The van der Waals surface area contributed by atoms with Crippen LogP contribution in [0.3, 0.4) is 0 Å². The van der Waals surface area contributed by atoms with E-state index in [2.05, 4.69) is 9.84 Å². The van der Waals surface area contributed by atoms with Crippen molar-refractivity contribution in [2.75, 3.05) is 33.3 Å². The molecule has 0 saturated carbocycles. The first-order valence-electron chi connectivity index (χ1n) is 7.10. The number of hydrogen-bond acceptors (Lipinski definition) is 4. The Kier molecular flexibility index (Phi) is 4.50. The molecule has 0 atom stereocenters. The molecule has 1 aliphatic rings. The standard InChI is InChI=1S/C14H22N4O3/c1-10(2)11-9-12(16(3)15-11)13(19)17-5-7-18(8-6-17)14(20)21-4/h9-10H,5-8H2,1-4H3. The SMILES string of the molecule is COC(=O)N1CCN(C(=O)c2cc(C(C)C)nn2C)CC1. The lowest BCUT2D eigenvalue weighted by Crippen LogP contribution is -2.50. The van der Waals surface area contributed by atoms with E-state index >= 15 is 0 Å². The lowest BCUT2D eigenvalue weighted by molar-refractivity contribution is 0.0590. The molecule has 0 aromatic carbocycles. The minimum absolute atomic E-state index is 0.0404. The Bertz CT molecular complexity index is 530.